The topological polar surface area (TPSA) is 35.3 Å². The summed E-state index contributed by atoms with van der Waals surface area (Å²) >= 11 is 0. The van der Waals surface area contributed by atoms with Gasteiger partial charge >= 0.3 is 0 Å². The summed E-state index contributed by atoms with van der Waals surface area (Å²) in [5.41, 5.74) is 2.99. The zero-order valence-corrected chi connectivity index (χ0v) is 9.33. The summed E-state index contributed by atoms with van der Waals surface area (Å²) in [4.78, 5) is 0. The van der Waals surface area contributed by atoms with Gasteiger partial charge in [-0.15, -0.1) is 0 Å². The molecule has 0 aliphatic rings. The third kappa shape index (κ3) is 1.69. The first-order chi connectivity index (χ1) is 7.26. The van der Waals surface area contributed by atoms with Crippen LogP contribution in [0.4, 0.5) is 0 Å². The Bertz CT molecular complexity index is 474. The second-order valence-corrected chi connectivity index (χ2v) is 3.68. The lowest BCUT2D eigenvalue weighted by Gasteiger charge is -2.04. The van der Waals surface area contributed by atoms with E-state index in [4.69, 9.17) is 9.26 Å². The average Bonchev–Trinajstić information content (AvgIpc) is 2.61. The van der Waals surface area contributed by atoms with E-state index in [1.54, 1.807) is 7.11 Å². The van der Waals surface area contributed by atoms with Gasteiger partial charge in [-0.05, 0) is 25.5 Å². The number of ether oxygens (including phenoxy) is 1. The Morgan fingerprint density at radius 3 is 2.87 bits per heavy atom. The maximum Gasteiger partial charge on any atom is 0.170 e. The van der Waals surface area contributed by atoms with E-state index in [-0.39, 0.29) is 0 Å². The molecule has 0 aliphatic heterocycles. The Balaban J connectivity index is 2.65. The van der Waals surface area contributed by atoms with Gasteiger partial charge in [0.1, 0.15) is 5.75 Å². The van der Waals surface area contributed by atoms with Gasteiger partial charge in [-0.2, -0.15) is 0 Å². The van der Waals surface area contributed by atoms with Crippen molar-refractivity contribution >= 4 is 11.0 Å². The summed E-state index contributed by atoms with van der Waals surface area (Å²) in [5, 5.41) is 5.04. The minimum Gasteiger partial charge on any atom is -0.497 e. The molecule has 0 atom stereocenters. The van der Waals surface area contributed by atoms with E-state index in [2.05, 4.69) is 12.1 Å². The van der Waals surface area contributed by atoms with Crippen LogP contribution in [0.1, 0.15) is 24.6 Å². The van der Waals surface area contributed by atoms with Gasteiger partial charge in [0.05, 0.1) is 12.8 Å². The number of aryl methyl sites for hydroxylation is 2. The molecule has 0 saturated heterocycles. The van der Waals surface area contributed by atoms with Crippen molar-refractivity contribution in [2.24, 2.45) is 0 Å². The highest BCUT2D eigenvalue weighted by Gasteiger charge is 2.11. The third-order valence-electron chi connectivity index (χ3n) is 2.56. The van der Waals surface area contributed by atoms with E-state index < -0.39 is 0 Å². The summed E-state index contributed by atoms with van der Waals surface area (Å²) in [7, 11) is 1.68. The molecule has 2 aromatic rings. The molecule has 15 heavy (non-hydrogen) atoms. The monoisotopic (exact) mass is 205 g/mol. The molecule has 0 amide bonds. The van der Waals surface area contributed by atoms with Gasteiger partial charge < -0.3 is 9.26 Å². The van der Waals surface area contributed by atoms with E-state index in [0.29, 0.717) is 0 Å². The lowest BCUT2D eigenvalue weighted by Crippen LogP contribution is -1.88. The molecular formula is C12H15NO2. The summed E-state index contributed by atoms with van der Waals surface area (Å²) in [5.74, 6) is 0.872. The van der Waals surface area contributed by atoms with Crippen molar-refractivity contribution in [3.63, 3.8) is 0 Å². The molecule has 0 N–H and O–H groups in total. The lowest BCUT2D eigenvalue weighted by atomic mass is 10.1. The fraction of sp³-hybridized carbons (Fsp3) is 0.417. The Kier molecular flexibility index (Phi) is 2.62. The van der Waals surface area contributed by atoms with Gasteiger partial charge in [0, 0.05) is 10.9 Å². The molecule has 0 spiro atoms. The predicted octanol–water partition coefficient (Wildman–Crippen LogP) is 3.10. The Labute approximate surface area is 89.0 Å². The molecule has 1 aromatic heterocycles. The average molecular weight is 205 g/mol. The Hall–Kier alpha value is -1.51. The van der Waals surface area contributed by atoms with E-state index in [9.17, 15) is 0 Å². The fourth-order valence-electron chi connectivity index (χ4n) is 1.77. The smallest absolute Gasteiger partial charge is 0.170 e. The van der Waals surface area contributed by atoms with Crippen molar-refractivity contribution in [2.75, 3.05) is 7.11 Å². The molecule has 1 aromatic carbocycles. The molecule has 0 fully saturated rings. The highest BCUT2D eigenvalue weighted by molar-refractivity contribution is 5.84. The summed E-state index contributed by atoms with van der Waals surface area (Å²) in [6, 6.07) is 4.00. The number of fused-ring (bicyclic) bond motifs is 1. The largest absolute Gasteiger partial charge is 0.497 e. The van der Waals surface area contributed by atoms with Crippen LogP contribution < -0.4 is 4.74 Å². The second-order valence-electron chi connectivity index (χ2n) is 3.68. The number of nitrogens with zero attached hydrogens (tertiary/aromatic N) is 1. The van der Waals surface area contributed by atoms with Gasteiger partial charge in [-0.25, -0.2) is 0 Å². The molecule has 0 bridgehead atoms. The molecule has 0 radical (unpaired) electrons. The molecule has 0 aliphatic carbocycles. The van der Waals surface area contributed by atoms with Crippen LogP contribution in [0.15, 0.2) is 16.7 Å². The molecule has 0 unspecified atom stereocenters. The van der Waals surface area contributed by atoms with Crippen molar-refractivity contribution < 1.29 is 9.26 Å². The fourth-order valence-corrected chi connectivity index (χ4v) is 1.77. The van der Waals surface area contributed by atoms with Crippen molar-refractivity contribution in [3.8, 4) is 5.75 Å². The van der Waals surface area contributed by atoms with Crippen LogP contribution in [0.2, 0.25) is 0 Å². The van der Waals surface area contributed by atoms with E-state index in [1.807, 2.05) is 19.1 Å². The lowest BCUT2D eigenvalue weighted by molar-refractivity contribution is 0.414. The second kappa shape index (κ2) is 3.93. The molecule has 1 heterocycles. The number of benzene rings is 1. The van der Waals surface area contributed by atoms with Crippen molar-refractivity contribution in [2.45, 2.75) is 26.7 Å². The van der Waals surface area contributed by atoms with Gasteiger partial charge in [-0.3, -0.25) is 0 Å². The van der Waals surface area contributed by atoms with E-state index >= 15 is 0 Å². The van der Waals surface area contributed by atoms with Crippen LogP contribution in [0.3, 0.4) is 0 Å². The van der Waals surface area contributed by atoms with E-state index in [1.165, 1.54) is 5.56 Å². The predicted molar refractivity (Wildman–Crippen MR) is 59.3 cm³/mol. The maximum atomic E-state index is 5.33. The number of hydrogen-bond acceptors (Lipinski definition) is 3. The van der Waals surface area contributed by atoms with Crippen LogP contribution in [0, 0.1) is 6.92 Å². The molecule has 0 saturated carbocycles. The van der Waals surface area contributed by atoms with Gasteiger partial charge in [0.15, 0.2) is 5.58 Å². The normalized spacial score (nSPS) is 10.9. The Morgan fingerprint density at radius 1 is 1.40 bits per heavy atom. The van der Waals surface area contributed by atoms with Gasteiger partial charge in [0.2, 0.25) is 0 Å². The van der Waals surface area contributed by atoms with Crippen molar-refractivity contribution in [1.82, 2.24) is 5.16 Å². The van der Waals surface area contributed by atoms with Crippen LogP contribution >= 0.6 is 0 Å². The zero-order chi connectivity index (χ0) is 10.8. The quantitative estimate of drug-likeness (QED) is 0.772. The summed E-state index contributed by atoms with van der Waals surface area (Å²) < 4.78 is 10.6. The highest BCUT2D eigenvalue weighted by Crippen LogP contribution is 2.28. The van der Waals surface area contributed by atoms with Gasteiger partial charge in [0.25, 0.3) is 0 Å². The standard InChI is InChI=1S/C12H15NO2/c1-4-5-9-6-10(14-3)7-11-8(2)13-15-12(9)11/h6-7H,4-5H2,1-3H3. The number of aromatic nitrogens is 1. The molecule has 2 rings (SSSR count). The van der Waals surface area contributed by atoms with Crippen molar-refractivity contribution in [3.05, 3.63) is 23.4 Å². The number of hydrogen-bond donors (Lipinski definition) is 0. The number of rotatable bonds is 3. The van der Waals surface area contributed by atoms with Crippen molar-refractivity contribution in [1.29, 1.82) is 0 Å². The third-order valence-corrected chi connectivity index (χ3v) is 2.56. The molecule has 3 nitrogen and oxygen atoms in total. The van der Waals surface area contributed by atoms with Gasteiger partial charge in [-0.1, -0.05) is 18.5 Å². The summed E-state index contributed by atoms with van der Waals surface area (Å²) in [6.45, 7) is 4.09. The summed E-state index contributed by atoms with van der Waals surface area (Å²) in [6.07, 6.45) is 2.07. The highest BCUT2D eigenvalue weighted by atomic mass is 16.5. The number of methoxy groups -OCH3 is 1. The van der Waals surface area contributed by atoms with Crippen LogP contribution in [0.5, 0.6) is 5.75 Å². The Morgan fingerprint density at radius 2 is 2.20 bits per heavy atom. The zero-order valence-electron chi connectivity index (χ0n) is 9.33. The first-order valence-electron chi connectivity index (χ1n) is 5.19. The SMILES string of the molecule is CCCc1cc(OC)cc2c(C)noc12. The van der Waals surface area contributed by atoms with Crippen LogP contribution in [-0.2, 0) is 6.42 Å². The van der Waals surface area contributed by atoms with Crippen LogP contribution in [0.25, 0.3) is 11.0 Å². The first-order valence-corrected chi connectivity index (χ1v) is 5.19. The molecule has 80 valence electrons. The first kappa shape index (κ1) is 10.0. The van der Waals surface area contributed by atoms with Crippen LogP contribution in [-0.4, -0.2) is 12.3 Å². The molecule has 3 heteroatoms. The minimum atomic E-state index is 0.872. The molecular weight excluding hydrogens is 190 g/mol. The van der Waals surface area contributed by atoms with E-state index in [0.717, 1.165) is 35.3 Å². The minimum absolute atomic E-state index is 0.872. The maximum absolute atomic E-state index is 5.33.